The lowest BCUT2D eigenvalue weighted by atomic mass is 9.85. The number of rotatable bonds is 9. The predicted octanol–water partition coefficient (Wildman–Crippen LogP) is 4.46. The molecule has 2 bridgehead atoms. The van der Waals surface area contributed by atoms with Gasteiger partial charge in [0.15, 0.2) is 0 Å². The summed E-state index contributed by atoms with van der Waals surface area (Å²) in [6.07, 6.45) is 11.4. The molecule has 1 saturated carbocycles. The maximum Gasteiger partial charge on any atom is 0.306 e. The van der Waals surface area contributed by atoms with E-state index in [0.29, 0.717) is 29.7 Å². The van der Waals surface area contributed by atoms with Gasteiger partial charge >= 0.3 is 5.97 Å². The van der Waals surface area contributed by atoms with Gasteiger partial charge in [0.05, 0.1) is 13.5 Å². The zero-order valence-corrected chi connectivity index (χ0v) is 20.1. The molecule has 0 spiro atoms. The lowest BCUT2D eigenvalue weighted by Crippen LogP contribution is -2.47. The first-order valence-electron chi connectivity index (χ1n) is 12.9. The number of phenolic OH excluding ortho intramolecular Hbond substituents is 1. The number of ether oxygens (including phenoxy) is 1. The van der Waals surface area contributed by atoms with Crippen LogP contribution in [0.3, 0.4) is 0 Å². The Balaban J connectivity index is 1.35. The van der Waals surface area contributed by atoms with Crippen molar-refractivity contribution in [2.75, 3.05) is 26.7 Å². The molecule has 3 atom stereocenters. The topological polar surface area (TPSA) is 70.1 Å². The molecule has 1 aromatic carbocycles. The molecule has 6 nitrogen and oxygen atoms in total. The van der Waals surface area contributed by atoms with Crippen molar-refractivity contribution in [2.45, 2.75) is 88.6 Å². The van der Waals surface area contributed by atoms with Gasteiger partial charge in [-0.3, -0.25) is 14.5 Å². The van der Waals surface area contributed by atoms with Crippen molar-refractivity contribution >= 4 is 11.9 Å². The van der Waals surface area contributed by atoms with Crippen LogP contribution in [0.4, 0.5) is 0 Å². The zero-order chi connectivity index (χ0) is 23.2. The summed E-state index contributed by atoms with van der Waals surface area (Å²) in [5.41, 5.74) is 1.25. The highest BCUT2D eigenvalue weighted by Crippen LogP contribution is 2.43. The van der Waals surface area contributed by atoms with Crippen molar-refractivity contribution in [3.05, 3.63) is 29.8 Å². The van der Waals surface area contributed by atoms with E-state index in [0.717, 1.165) is 32.5 Å². The van der Waals surface area contributed by atoms with Gasteiger partial charge in [-0.25, -0.2) is 0 Å². The maximum absolute atomic E-state index is 13.0. The number of carbonyl (C=O) groups is 2. The van der Waals surface area contributed by atoms with Crippen molar-refractivity contribution in [2.24, 2.45) is 5.92 Å². The van der Waals surface area contributed by atoms with Crippen molar-refractivity contribution in [3.8, 4) is 5.75 Å². The Morgan fingerprint density at radius 3 is 2.45 bits per heavy atom. The lowest BCUT2D eigenvalue weighted by molar-refractivity contribution is -0.143. The van der Waals surface area contributed by atoms with E-state index < -0.39 is 0 Å². The Bertz CT molecular complexity index is 793. The van der Waals surface area contributed by atoms with Crippen molar-refractivity contribution in [1.29, 1.82) is 0 Å². The number of hydrogen-bond donors (Lipinski definition) is 1. The molecule has 2 aliphatic heterocycles. The molecule has 33 heavy (non-hydrogen) atoms. The molecule has 3 aliphatic rings. The van der Waals surface area contributed by atoms with Crippen LogP contribution >= 0.6 is 0 Å². The third kappa shape index (κ3) is 6.28. The Morgan fingerprint density at radius 1 is 1.06 bits per heavy atom. The van der Waals surface area contributed by atoms with E-state index in [1.165, 1.54) is 57.6 Å². The predicted molar refractivity (Wildman–Crippen MR) is 128 cm³/mol. The van der Waals surface area contributed by atoms with Crippen molar-refractivity contribution < 1.29 is 19.4 Å². The van der Waals surface area contributed by atoms with E-state index in [1.807, 2.05) is 17.0 Å². The summed E-state index contributed by atoms with van der Waals surface area (Å²) in [7, 11) is 1.38. The minimum Gasteiger partial charge on any atom is -0.508 e. The molecule has 3 fully saturated rings. The first-order valence-corrected chi connectivity index (χ1v) is 12.9. The van der Waals surface area contributed by atoms with Gasteiger partial charge in [0.2, 0.25) is 5.91 Å². The quantitative estimate of drug-likeness (QED) is 0.556. The highest BCUT2D eigenvalue weighted by molar-refractivity contribution is 5.81. The van der Waals surface area contributed by atoms with Gasteiger partial charge in [0.25, 0.3) is 0 Å². The molecular weight excluding hydrogens is 416 g/mol. The molecule has 2 heterocycles. The molecule has 0 radical (unpaired) electrons. The third-order valence-corrected chi connectivity index (χ3v) is 8.18. The second-order valence-electron chi connectivity index (χ2n) is 10.3. The Morgan fingerprint density at radius 2 is 1.79 bits per heavy atom. The molecule has 0 unspecified atom stereocenters. The number of benzene rings is 1. The van der Waals surface area contributed by atoms with Crippen molar-refractivity contribution in [3.63, 3.8) is 0 Å². The Labute approximate surface area is 198 Å². The smallest absolute Gasteiger partial charge is 0.306 e. The molecule has 1 aromatic rings. The van der Waals surface area contributed by atoms with E-state index in [4.69, 9.17) is 4.74 Å². The van der Waals surface area contributed by atoms with Gasteiger partial charge in [-0.15, -0.1) is 0 Å². The summed E-state index contributed by atoms with van der Waals surface area (Å²) >= 11 is 0. The fourth-order valence-corrected chi connectivity index (χ4v) is 6.39. The zero-order valence-electron chi connectivity index (χ0n) is 20.1. The fourth-order valence-electron chi connectivity index (χ4n) is 6.39. The molecule has 182 valence electrons. The normalized spacial score (nSPS) is 25.7. The monoisotopic (exact) mass is 456 g/mol. The van der Waals surface area contributed by atoms with Crippen LogP contribution in [0.1, 0.15) is 82.1 Å². The summed E-state index contributed by atoms with van der Waals surface area (Å²) in [5, 5.41) is 9.89. The second kappa shape index (κ2) is 11.4. The SMILES string of the molecule is COC(=O)CCC(=O)N(CCN1[C@@H]2CC[C@H]1C[C@@H](c1cccc(O)c1)C2)CC1CCCCC1. The number of nitrogens with zero attached hydrogens (tertiary/aromatic N) is 2. The van der Waals surface area contributed by atoms with Crippen LogP contribution < -0.4 is 0 Å². The lowest BCUT2D eigenvalue weighted by Gasteiger charge is -2.40. The number of aromatic hydroxyl groups is 1. The number of fused-ring (bicyclic) bond motifs is 2. The molecule has 6 heteroatoms. The largest absolute Gasteiger partial charge is 0.508 e. The molecule has 1 amide bonds. The Kier molecular flexibility index (Phi) is 8.29. The summed E-state index contributed by atoms with van der Waals surface area (Å²) in [6, 6.07) is 8.86. The average Bonchev–Trinajstić information content (AvgIpc) is 3.06. The molecule has 0 aromatic heterocycles. The molecule has 1 aliphatic carbocycles. The number of methoxy groups -OCH3 is 1. The highest BCUT2D eigenvalue weighted by atomic mass is 16.5. The van der Waals surface area contributed by atoms with Crippen LogP contribution in [0, 0.1) is 5.92 Å². The number of hydrogen-bond acceptors (Lipinski definition) is 5. The first-order chi connectivity index (χ1) is 16.0. The minimum atomic E-state index is -0.312. The van der Waals surface area contributed by atoms with Crippen LogP contribution in [0.2, 0.25) is 0 Å². The number of amides is 1. The molecular formula is C27H40N2O4. The van der Waals surface area contributed by atoms with Crippen LogP contribution in [0.15, 0.2) is 24.3 Å². The van der Waals surface area contributed by atoms with Gasteiger partial charge in [-0.2, -0.15) is 0 Å². The highest BCUT2D eigenvalue weighted by Gasteiger charge is 2.41. The summed E-state index contributed by atoms with van der Waals surface area (Å²) in [4.78, 5) is 29.3. The van der Waals surface area contributed by atoms with Crippen LogP contribution in [-0.2, 0) is 14.3 Å². The maximum atomic E-state index is 13.0. The van der Waals surface area contributed by atoms with Gasteiger partial charge in [0.1, 0.15) is 5.75 Å². The van der Waals surface area contributed by atoms with Gasteiger partial charge in [-0.05, 0) is 68.1 Å². The second-order valence-corrected chi connectivity index (χ2v) is 10.3. The first kappa shape index (κ1) is 24.1. The number of piperidine rings is 1. The van der Waals surface area contributed by atoms with Gasteiger partial charge < -0.3 is 14.7 Å². The van der Waals surface area contributed by atoms with E-state index in [9.17, 15) is 14.7 Å². The fraction of sp³-hybridized carbons (Fsp3) is 0.704. The summed E-state index contributed by atoms with van der Waals surface area (Å²) in [5.74, 6) is 1.23. The van der Waals surface area contributed by atoms with Crippen molar-refractivity contribution in [1.82, 2.24) is 9.80 Å². The van der Waals surface area contributed by atoms with Crippen LogP contribution in [-0.4, -0.2) is 65.6 Å². The van der Waals surface area contributed by atoms with Gasteiger partial charge in [-0.1, -0.05) is 31.4 Å². The molecule has 2 saturated heterocycles. The summed E-state index contributed by atoms with van der Waals surface area (Å²) in [6.45, 7) is 2.49. The number of phenols is 1. The number of esters is 1. The van der Waals surface area contributed by atoms with Gasteiger partial charge in [0, 0.05) is 38.1 Å². The third-order valence-electron chi connectivity index (χ3n) is 8.18. The van der Waals surface area contributed by atoms with Crippen LogP contribution in [0.5, 0.6) is 5.75 Å². The average molecular weight is 457 g/mol. The summed E-state index contributed by atoms with van der Waals surface area (Å²) < 4.78 is 4.74. The van der Waals surface area contributed by atoms with E-state index >= 15 is 0 Å². The van der Waals surface area contributed by atoms with E-state index in [-0.39, 0.29) is 24.7 Å². The molecule has 4 rings (SSSR count). The van der Waals surface area contributed by atoms with Crippen LogP contribution in [0.25, 0.3) is 0 Å². The number of carbonyl (C=O) groups excluding carboxylic acids is 2. The minimum absolute atomic E-state index is 0.0907. The molecule has 1 N–H and O–H groups in total. The van der Waals surface area contributed by atoms with E-state index in [2.05, 4.69) is 11.0 Å². The standard InChI is InChI=1S/C27H40N2O4/c1-33-27(32)13-12-26(31)28(19-20-6-3-2-4-7-20)14-15-29-23-10-11-24(29)17-22(16-23)21-8-5-9-25(30)18-21/h5,8-9,18,20,22-24,30H,2-4,6-7,10-17,19H2,1H3/t22-,23+,24-. The van der Waals surface area contributed by atoms with E-state index in [1.54, 1.807) is 6.07 Å². The Hall–Kier alpha value is -2.08.